The first kappa shape index (κ1) is 17.3. The zero-order valence-electron chi connectivity index (χ0n) is 14.3. The number of H-pyrrole nitrogens is 1. The minimum atomic E-state index is -4.46. The largest absolute Gasteiger partial charge is 0.416 e. The van der Waals surface area contributed by atoms with E-state index in [0.717, 1.165) is 17.3 Å². The summed E-state index contributed by atoms with van der Waals surface area (Å²) < 4.78 is 41.2. The number of carbonyl (C=O) groups is 1. The maximum absolute atomic E-state index is 13.3. The average Bonchev–Trinajstić information content (AvgIpc) is 3.21. The van der Waals surface area contributed by atoms with Crippen molar-refractivity contribution in [1.29, 1.82) is 0 Å². The second kappa shape index (κ2) is 6.26. The number of hydrogen-bond acceptors (Lipinski definition) is 3. The predicted molar refractivity (Wildman–Crippen MR) is 91.2 cm³/mol. The molecule has 1 aliphatic heterocycles. The number of halogens is 3. The van der Waals surface area contributed by atoms with E-state index in [0.29, 0.717) is 11.5 Å². The number of aryl methyl sites for hydroxylation is 1. The lowest BCUT2D eigenvalue weighted by Gasteiger charge is -2.22. The normalized spacial score (nSPS) is 16.9. The summed E-state index contributed by atoms with van der Waals surface area (Å²) >= 11 is 0. The Morgan fingerprint density at radius 3 is 2.78 bits per heavy atom. The molecule has 0 spiro atoms. The van der Waals surface area contributed by atoms with Crippen molar-refractivity contribution in [3.05, 3.63) is 64.6 Å². The first-order chi connectivity index (χ1) is 12.8. The number of rotatable bonds is 3. The Morgan fingerprint density at radius 1 is 1.30 bits per heavy atom. The van der Waals surface area contributed by atoms with Crippen LogP contribution in [0.3, 0.4) is 0 Å². The number of hydrogen-bond donors (Lipinski definition) is 2. The SMILES string of the molecule is Cc1cc(C2CC(=O)Nc3c2cnn3Cc2ccccc2C(F)(F)F)n[nH]1. The molecule has 4 rings (SSSR count). The van der Waals surface area contributed by atoms with E-state index >= 15 is 0 Å². The van der Waals surface area contributed by atoms with Crippen LogP contribution in [0, 0.1) is 6.92 Å². The van der Waals surface area contributed by atoms with E-state index in [2.05, 4.69) is 20.6 Å². The van der Waals surface area contributed by atoms with Gasteiger partial charge in [0.1, 0.15) is 5.82 Å². The topological polar surface area (TPSA) is 75.6 Å². The number of nitrogens with one attached hydrogen (secondary N) is 2. The number of nitrogens with zero attached hydrogens (tertiary/aromatic N) is 3. The molecule has 1 aromatic carbocycles. The van der Waals surface area contributed by atoms with Gasteiger partial charge in [-0.3, -0.25) is 9.89 Å². The highest BCUT2D eigenvalue weighted by atomic mass is 19.4. The van der Waals surface area contributed by atoms with Crippen molar-refractivity contribution in [1.82, 2.24) is 20.0 Å². The molecule has 0 bridgehead atoms. The average molecular weight is 375 g/mol. The molecule has 0 fully saturated rings. The monoisotopic (exact) mass is 375 g/mol. The Balaban J connectivity index is 1.72. The number of fused-ring (bicyclic) bond motifs is 1. The smallest absolute Gasteiger partial charge is 0.311 e. The Morgan fingerprint density at radius 2 is 2.07 bits per heavy atom. The lowest BCUT2D eigenvalue weighted by Crippen LogP contribution is -2.25. The van der Waals surface area contributed by atoms with Crippen LogP contribution in [0.5, 0.6) is 0 Å². The lowest BCUT2D eigenvalue weighted by atomic mass is 9.91. The van der Waals surface area contributed by atoms with Crippen molar-refractivity contribution in [2.45, 2.75) is 32.0 Å². The summed E-state index contributed by atoms with van der Waals surface area (Å²) in [6, 6.07) is 7.20. The highest BCUT2D eigenvalue weighted by Crippen LogP contribution is 2.37. The third kappa shape index (κ3) is 3.20. The minimum Gasteiger partial charge on any atom is -0.311 e. The molecule has 0 radical (unpaired) electrons. The third-order valence-electron chi connectivity index (χ3n) is 4.62. The molecule has 2 N–H and O–H groups in total. The number of aromatic nitrogens is 4. The highest BCUT2D eigenvalue weighted by molar-refractivity contribution is 5.94. The Hall–Kier alpha value is -3.10. The van der Waals surface area contributed by atoms with Gasteiger partial charge in [0.15, 0.2) is 0 Å². The molecule has 3 heterocycles. The van der Waals surface area contributed by atoms with E-state index in [9.17, 15) is 18.0 Å². The molecule has 0 saturated heterocycles. The summed E-state index contributed by atoms with van der Waals surface area (Å²) in [5, 5.41) is 14.0. The molecular weight excluding hydrogens is 359 g/mol. The Bertz CT molecular complexity index is 1000. The second-order valence-electron chi connectivity index (χ2n) is 6.54. The summed E-state index contributed by atoms with van der Waals surface area (Å²) in [5.41, 5.74) is 1.69. The van der Waals surface area contributed by atoms with E-state index in [1.807, 2.05) is 13.0 Å². The van der Waals surface area contributed by atoms with Gasteiger partial charge in [0, 0.05) is 23.6 Å². The van der Waals surface area contributed by atoms with Crippen molar-refractivity contribution < 1.29 is 18.0 Å². The molecule has 2 aromatic heterocycles. The van der Waals surface area contributed by atoms with Gasteiger partial charge in [-0.2, -0.15) is 23.4 Å². The molecular formula is C18H16F3N5O. The van der Waals surface area contributed by atoms with Crippen molar-refractivity contribution in [2.24, 2.45) is 0 Å². The first-order valence-electron chi connectivity index (χ1n) is 8.35. The fourth-order valence-electron chi connectivity index (χ4n) is 3.37. The van der Waals surface area contributed by atoms with Gasteiger partial charge in [0.2, 0.25) is 5.91 Å². The van der Waals surface area contributed by atoms with E-state index in [4.69, 9.17) is 0 Å². The quantitative estimate of drug-likeness (QED) is 0.736. The number of benzene rings is 1. The third-order valence-corrected chi connectivity index (χ3v) is 4.62. The number of anilines is 1. The molecule has 0 saturated carbocycles. The van der Waals surface area contributed by atoms with Crippen LogP contribution in [0.25, 0.3) is 0 Å². The van der Waals surface area contributed by atoms with Crippen LogP contribution < -0.4 is 5.32 Å². The van der Waals surface area contributed by atoms with Gasteiger partial charge in [-0.1, -0.05) is 18.2 Å². The van der Waals surface area contributed by atoms with Crippen molar-refractivity contribution in [3.63, 3.8) is 0 Å². The van der Waals surface area contributed by atoms with E-state index in [1.54, 1.807) is 12.3 Å². The molecule has 140 valence electrons. The molecule has 9 heteroatoms. The molecule has 27 heavy (non-hydrogen) atoms. The van der Waals surface area contributed by atoms with Crippen molar-refractivity contribution >= 4 is 11.7 Å². The summed E-state index contributed by atoms with van der Waals surface area (Å²) in [6.07, 6.45) is -2.66. The lowest BCUT2D eigenvalue weighted by molar-refractivity contribution is -0.138. The van der Waals surface area contributed by atoms with Crippen LogP contribution in [0.2, 0.25) is 0 Å². The molecule has 1 aliphatic rings. The van der Waals surface area contributed by atoms with Crippen LogP contribution in [0.1, 0.15) is 40.4 Å². The summed E-state index contributed by atoms with van der Waals surface area (Å²) in [7, 11) is 0. The Labute approximate surface area is 152 Å². The molecule has 1 amide bonds. The van der Waals surface area contributed by atoms with Gasteiger partial charge >= 0.3 is 6.18 Å². The van der Waals surface area contributed by atoms with Gasteiger partial charge in [-0.15, -0.1) is 0 Å². The molecule has 3 aromatic rings. The minimum absolute atomic E-state index is 0.0860. The van der Waals surface area contributed by atoms with E-state index in [1.165, 1.54) is 16.8 Å². The van der Waals surface area contributed by atoms with Crippen LogP contribution in [0.15, 0.2) is 36.5 Å². The van der Waals surface area contributed by atoms with Gasteiger partial charge in [-0.05, 0) is 24.6 Å². The van der Waals surface area contributed by atoms with Crippen LogP contribution >= 0.6 is 0 Å². The zero-order chi connectivity index (χ0) is 19.2. The number of alkyl halides is 3. The fraction of sp³-hybridized carbons (Fsp3) is 0.278. The molecule has 6 nitrogen and oxygen atoms in total. The first-order valence-corrected chi connectivity index (χ1v) is 8.35. The number of aromatic amines is 1. The second-order valence-corrected chi connectivity index (χ2v) is 6.54. The van der Waals surface area contributed by atoms with Crippen molar-refractivity contribution in [3.8, 4) is 0 Å². The van der Waals surface area contributed by atoms with Crippen LogP contribution in [-0.4, -0.2) is 25.9 Å². The van der Waals surface area contributed by atoms with Gasteiger partial charge in [0.25, 0.3) is 0 Å². The van der Waals surface area contributed by atoms with Gasteiger partial charge in [-0.25, -0.2) is 4.68 Å². The summed E-state index contributed by atoms with van der Waals surface area (Å²) in [5.74, 6) is -0.0989. The number of carbonyl (C=O) groups excluding carboxylic acids is 1. The molecule has 0 aliphatic carbocycles. The fourth-order valence-corrected chi connectivity index (χ4v) is 3.37. The predicted octanol–water partition coefficient (Wildman–Crippen LogP) is 3.46. The molecule has 1 unspecified atom stereocenters. The zero-order valence-corrected chi connectivity index (χ0v) is 14.3. The highest BCUT2D eigenvalue weighted by Gasteiger charge is 2.34. The summed E-state index contributed by atoms with van der Waals surface area (Å²) in [4.78, 5) is 12.2. The Kier molecular flexibility index (Phi) is 4.01. The maximum atomic E-state index is 13.3. The standard InChI is InChI=1S/C18H16F3N5O/c1-10-6-15(25-24-10)12-7-16(27)23-17-13(12)8-22-26(17)9-11-4-2-3-5-14(11)18(19,20)21/h2-6,8,12H,7,9H2,1H3,(H,23,27)(H,24,25). The van der Waals surface area contributed by atoms with Crippen LogP contribution in [-0.2, 0) is 17.5 Å². The van der Waals surface area contributed by atoms with Gasteiger partial charge < -0.3 is 5.32 Å². The maximum Gasteiger partial charge on any atom is 0.416 e. The van der Waals surface area contributed by atoms with E-state index in [-0.39, 0.29) is 30.4 Å². The van der Waals surface area contributed by atoms with Crippen LogP contribution in [0.4, 0.5) is 19.0 Å². The van der Waals surface area contributed by atoms with Crippen molar-refractivity contribution in [2.75, 3.05) is 5.32 Å². The number of amides is 1. The summed E-state index contributed by atoms with van der Waals surface area (Å²) in [6.45, 7) is 1.76. The van der Waals surface area contributed by atoms with E-state index < -0.39 is 11.7 Å². The van der Waals surface area contributed by atoms with Gasteiger partial charge in [0.05, 0.1) is 24.0 Å². The molecule has 1 atom stereocenters.